The summed E-state index contributed by atoms with van der Waals surface area (Å²) >= 11 is 0. The highest BCUT2D eigenvalue weighted by Gasteiger charge is 2.32. The molecule has 0 aliphatic carbocycles. The Bertz CT molecular complexity index is 555. The van der Waals surface area contributed by atoms with Gasteiger partial charge in [-0.25, -0.2) is 0 Å². The summed E-state index contributed by atoms with van der Waals surface area (Å²) in [6, 6.07) is 11.4. The van der Waals surface area contributed by atoms with Gasteiger partial charge in [0.05, 0.1) is 12.4 Å². The molecule has 4 nitrogen and oxygen atoms in total. The number of aliphatic hydroxyl groups is 1. The topological polar surface area (TPSA) is 53.7 Å². The van der Waals surface area contributed by atoms with E-state index in [1.54, 1.807) is 11.0 Å². The normalized spacial score (nSPS) is 15.5. The van der Waals surface area contributed by atoms with Crippen LogP contribution >= 0.6 is 0 Å². The van der Waals surface area contributed by atoms with Crippen molar-refractivity contribution in [3.05, 3.63) is 48.4 Å². The van der Waals surface area contributed by atoms with Crippen LogP contribution in [0, 0.1) is 0 Å². The summed E-state index contributed by atoms with van der Waals surface area (Å²) in [6.07, 6.45) is 1.12. The largest absolute Gasteiger partial charge is 0.459 e. The zero-order valence-electron chi connectivity index (χ0n) is 9.74. The molecule has 0 atom stereocenters. The Morgan fingerprint density at radius 1 is 1.22 bits per heavy atom. The lowest BCUT2D eigenvalue weighted by atomic mass is 10.0. The van der Waals surface area contributed by atoms with Crippen LogP contribution in [0.4, 0.5) is 0 Å². The number of furan rings is 1. The number of hydrogen-bond donors (Lipinski definition) is 1. The Balaban J connectivity index is 1.90. The minimum absolute atomic E-state index is 0.163. The van der Waals surface area contributed by atoms with Crippen molar-refractivity contribution in [1.82, 2.24) is 4.90 Å². The lowest BCUT2D eigenvalue weighted by Gasteiger charge is -2.35. The van der Waals surface area contributed by atoms with E-state index >= 15 is 0 Å². The van der Waals surface area contributed by atoms with Gasteiger partial charge in [0.1, 0.15) is 0 Å². The Morgan fingerprint density at radius 3 is 2.61 bits per heavy atom. The van der Waals surface area contributed by atoms with E-state index in [1.165, 1.54) is 6.26 Å². The predicted octanol–water partition coefficient (Wildman–Crippen LogP) is 1.76. The summed E-state index contributed by atoms with van der Waals surface area (Å²) in [7, 11) is 0. The van der Waals surface area contributed by atoms with Crippen LogP contribution < -0.4 is 0 Å². The molecule has 0 radical (unpaired) electrons. The number of β-amino-alcohol motifs (C(OH)–C–C–N with tert-alkyl or cyclic N) is 1. The van der Waals surface area contributed by atoms with Crippen molar-refractivity contribution >= 4 is 5.91 Å². The van der Waals surface area contributed by atoms with Gasteiger partial charge in [-0.05, 0) is 11.6 Å². The van der Waals surface area contributed by atoms with E-state index in [1.807, 2.05) is 30.3 Å². The zero-order chi connectivity index (χ0) is 12.5. The fraction of sp³-hybridized carbons (Fsp3) is 0.214. The molecule has 0 saturated carbocycles. The molecular weight excluding hydrogens is 230 g/mol. The highest BCUT2D eigenvalue weighted by atomic mass is 16.3. The van der Waals surface area contributed by atoms with Crippen LogP contribution in [0.25, 0.3) is 11.1 Å². The van der Waals surface area contributed by atoms with Gasteiger partial charge < -0.3 is 14.4 Å². The van der Waals surface area contributed by atoms with E-state index in [4.69, 9.17) is 4.42 Å². The third kappa shape index (κ3) is 1.80. The molecule has 1 fully saturated rings. The molecular formula is C14H13NO3. The van der Waals surface area contributed by atoms with Crippen LogP contribution in [0.3, 0.4) is 0 Å². The number of hydrogen-bond acceptors (Lipinski definition) is 3. The number of aliphatic hydroxyl groups excluding tert-OH is 1. The molecule has 2 aromatic rings. The molecule has 1 aliphatic rings. The van der Waals surface area contributed by atoms with Crippen LogP contribution in [-0.2, 0) is 0 Å². The van der Waals surface area contributed by atoms with E-state index in [9.17, 15) is 9.90 Å². The van der Waals surface area contributed by atoms with Crippen molar-refractivity contribution < 1.29 is 14.3 Å². The second-order valence-electron chi connectivity index (χ2n) is 4.39. The average Bonchev–Trinajstić information content (AvgIpc) is 2.84. The first kappa shape index (κ1) is 11.0. The number of rotatable bonds is 2. The zero-order valence-corrected chi connectivity index (χ0v) is 9.74. The molecule has 4 heteroatoms. The Morgan fingerprint density at radius 2 is 1.94 bits per heavy atom. The fourth-order valence-corrected chi connectivity index (χ4v) is 2.08. The Kier molecular flexibility index (Phi) is 2.64. The molecule has 1 aliphatic heterocycles. The molecule has 0 spiro atoms. The molecule has 2 heterocycles. The molecule has 1 N–H and O–H groups in total. The number of carbonyl (C=O) groups is 1. The second-order valence-corrected chi connectivity index (χ2v) is 4.39. The third-order valence-electron chi connectivity index (χ3n) is 3.09. The number of amides is 1. The van der Waals surface area contributed by atoms with Crippen LogP contribution in [0.15, 0.2) is 47.1 Å². The molecule has 92 valence electrons. The smallest absolute Gasteiger partial charge is 0.290 e. The Labute approximate surface area is 104 Å². The molecule has 0 bridgehead atoms. The lowest BCUT2D eigenvalue weighted by molar-refractivity contribution is 0.00399. The summed E-state index contributed by atoms with van der Waals surface area (Å²) in [5.41, 5.74) is 1.75. The minimum Gasteiger partial charge on any atom is -0.459 e. The molecule has 3 rings (SSSR count). The van der Waals surface area contributed by atoms with Crippen molar-refractivity contribution in [3.8, 4) is 11.1 Å². The van der Waals surface area contributed by atoms with Crippen LogP contribution in [-0.4, -0.2) is 35.1 Å². The second kappa shape index (κ2) is 4.31. The molecule has 1 aromatic carbocycles. The summed E-state index contributed by atoms with van der Waals surface area (Å²) in [5, 5.41) is 9.23. The maximum atomic E-state index is 12.1. The quantitative estimate of drug-likeness (QED) is 0.874. The number of carbonyl (C=O) groups excluding carboxylic acids is 1. The van der Waals surface area contributed by atoms with Crippen molar-refractivity contribution in [3.63, 3.8) is 0 Å². The molecule has 1 saturated heterocycles. The van der Waals surface area contributed by atoms with Crippen LogP contribution in [0.1, 0.15) is 10.6 Å². The number of likely N-dealkylation sites (tertiary alicyclic amines) is 1. The van der Waals surface area contributed by atoms with E-state index in [2.05, 4.69) is 0 Å². The first-order valence-electron chi connectivity index (χ1n) is 5.86. The highest BCUT2D eigenvalue weighted by molar-refractivity contribution is 5.98. The van der Waals surface area contributed by atoms with E-state index in [0.29, 0.717) is 18.8 Å². The summed E-state index contributed by atoms with van der Waals surface area (Å²) in [5.74, 6) is 0.178. The van der Waals surface area contributed by atoms with Crippen LogP contribution in [0.5, 0.6) is 0 Å². The summed E-state index contributed by atoms with van der Waals surface area (Å²) in [6.45, 7) is 0.765. The van der Waals surface area contributed by atoms with Crippen molar-refractivity contribution in [1.29, 1.82) is 0 Å². The van der Waals surface area contributed by atoms with Gasteiger partial charge in [0, 0.05) is 18.7 Å². The minimum atomic E-state index is -0.399. The third-order valence-corrected chi connectivity index (χ3v) is 3.09. The van der Waals surface area contributed by atoms with Gasteiger partial charge in [0.25, 0.3) is 5.91 Å². The maximum absolute atomic E-state index is 12.1. The van der Waals surface area contributed by atoms with Crippen molar-refractivity contribution in [2.75, 3.05) is 13.1 Å². The monoisotopic (exact) mass is 243 g/mol. The highest BCUT2D eigenvalue weighted by Crippen LogP contribution is 2.26. The Hall–Kier alpha value is -2.07. The van der Waals surface area contributed by atoms with Crippen LogP contribution in [0.2, 0.25) is 0 Å². The van der Waals surface area contributed by atoms with Gasteiger partial charge in [-0.1, -0.05) is 30.3 Å². The van der Waals surface area contributed by atoms with Gasteiger partial charge in [-0.15, -0.1) is 0 Å². The summed E-state index contributed by atoms with van der Waals surface area (Å²) < 4.78 is 5.30. The van der Waals surface area contributed by atoms with Gasteiger partial charge >= 0.3 is 0 Å². The number of benzene rings is 1. The van der Waals surface area contributed by atoms with E-state index in [-0.39, 0.29) is 5.91 Å². The molecule has 1 aromatic heterocycles. The van der Waals surface area contributed by atoms with Crippen molar-refractivity contribution in [2.45, 2.75) is 6.10 Å². The van der Waals surface area contributed by atoms with Gasteiger partial charge in [-0.3, -0.25) is 4.79 Å². The van der Waals surface area contributed by atoms with Gasteiger partial charge in [0.15, 0.2) is 5.76 Å². The predicted molar refractivity (Wildman–Crippen MR) is 66.1 cm³/mol. The van der Waals surface area contributed by atoms with E-state index < -0.39 is 6.10 Å². The average molecular weight is 243 g/mol. The lowest BCUT2D eigenvalue weighted by Crippen LogP contribution is -2.53. The molecule has 1 amide bonds. The summed E-state index contributed by atoms with van der Waals surface area (Å²) in [4.78, 5) is 13.7. The standard InChI is InChI=1S/C14H13NO3/c16-11-8-15(9-11)14(17)13-12(6-7-18-13)10-4-2-1-3-5-10/h1-7,11,16H,8-9H2. The van der Waals surface area contributed by atoms with Gasteiger partial charge in [0.2, 0.25) is 0 Å². The molecule has 0 unspecified atom stereocenters. The number of nitrogens with zero attached hydrogens (tertiary/aromatic N) is 1. The fourth-order valence-electron chi connectivity index (χ4n) is 2.08. The molecule has 18 heavy (non-hydrogen) atoms. The van der Waals surface area contributed by atoms with Crippen molar-refractivity contribution in [2.24, 2.45) is 0 Å². The van der Waals surface area contributed by atoms with Gasteiger partial charge in [-0.2, -0.15) is 0 Å². The first-order valence-corrected chi connectivity index (χ1v) is 5.86. The SMILES string of the molecule is O=C(c1occc1-c1ccccc1)N1CC(O)C1. The van der Waals surface area contributed by atoms with E-state index in [0.717, 1.165) is 11.1 Å². The maximum Gasteiger partial charge on any atom is 0.290 e. The first-order chi connectivity index (χ1) is 8.75.